The highest BCUT2D eigenvalue weighted by Crippen LogP contribution is 2.28. The second kappa shape index (κ2) is 4.03. The monoisotopic (exact) mass is 221 g/mol. The smallest absolute Gasteiger partial charge is 0.341 e. The summed E-state index contributed by atoms with van der Waals surface area (Å²) in [6, 6.07) is 3.83. The lowest BCUT2D eigenvalue weighted by Gasteiger charge is -2.21. The summed E-state index contributed by atoms with van der Waals surface area (Å²) < 4.78 is 0. The Morgan fingerprint density at radius 3 is 2.50 bits per heavy atom. The van der Waals surface area contributed by atoms with Gasteiger partial charge in [-0.25, -0.2) is 4.79 Å². The molecule has 0 aliphatic carbocycles. The Hall–Kier alpha value is -2.35. The number of benzene rings is 1. The Labute approximate surface area is 92.3 Å². The molecule has 0 saturated carbocycles. The first-order valence-corrected chi connectivity index (χ1v) is 4.40. The zero-order chi connectivity index (χ0) is 12.3. The lowest BCUT2D eigenvalue weighted by Crippen LogP contribution is -2.41. The fourth-order valence-electron chi connectivity index (χ4n) is 1.04. The number of aliphatic carboxylic acids is 1. The fourth-order valence-corrected chi connectivity index (χ4v) is 1.04. The van der Waals surface area contributed by atoms with E-state index in [1.54, 1.807) is 0 Å². The average Bonchev–Trinajstić information content (AvgIpc) is 2.23. The van der Waals surface area contributed by atoms with E-state index in [0.717, 1.165) is 0 Å². The van der Waals surface area contributed by atoms with Crippen molar-refractivity contribution in [2.75, 3.05) is 5.32 Å². The van der Waals surface area contributed by atoms with E-state index in [1.807, 2.05) is 0 Å². The second-order valence-corrected chi connectivity index (χ2v) is 3.40. The van der Waals surface area contributed by atoms with E-state index >= 15 is 0 Å². The van der Waals surface area contributed by atoms with Gasteiger partial charge in [-0.3, -0.25) is 0 Å². The Morgan fingerprint density at radius 2 is 2.06 bits per heavy atom. The molecule has 0 radical (unpaired) electrons. The molecule has 0 aliphatic rings. The van der Waals surface area contributed by atoms with E-state index < -0.39 is 11.5 Å². The van der Waals surface area contributed by atoms with Crippen molar-refractivity contribution < 1.29 is 20.1 Å². The van der Waals surface area contributed by atoms with Crippen LogP contribution in [0.3, 0.4) is 0 Å². The van der Waals surface area contributed by atoms with Crippen LogP contribution in [0.4, 0.5) is 5.69 Å². The van der Waals surface area contributed by atoms with Crippen LogP contribution in [0.2, 0.25) is 0 Å². The Kier molecular flexibility index (Phi) is 2.95. The number of nitrogens with one attached hydrogen (secondary N) is 1. The zero-order valence-corrected chi connectivity index (χ0v) is 8.56. The van der Waals surface area contributed by atoms with Crippen LogP contribution in [0, 0.1) is 12.3 Å². The summed E-state index contributed by atoms with van der Waals surface area (Å²) in [6.07, 6.45) is 5.12. The molecule has 5 nitrogen and oxygen atoms in total. The quantitative estimate of drug-likeness (QED) is 0.347. The van der Waals surface area contributed by atoms with Crippen LogP contribution in [-0.2, 0) is 4.79 Å². The van der Waals surface area contributed by atoms with Crippen LogP contribution >= 0.6 is 0 Å². The van der Waals surface area contributed by atoms with E-state index in [9.17, 15) is 9.90 Å². The minimum atomic E-state index is -1.57. The van der Waals surface area contributed by atoms with Crippen LogP contribution in [0.25, 0.3) is 0 Å². The highest BCUT2D eigenvalue weighted by atomic mass is 16.4. The minimum Gasteiger partial charge on any atom is -0.504 e. The van der Waals surface area contributed by atoms with Crippen molar-refractivity contribution in [1.29, 1.82) is 0 Å². The van der Waals surface area contributed by atoms with E-state index in [2.05, 4.69) is 11.2 Å². The molecule has 0 saturated heterocycles. The van der Waals surface area contributed by atoms with Crippen molar-refractivity contribution in [3.05, 3.63) is 18.2 Å². The third-order valence-electron chi connectivity index (χ3n) is 2.09. The molecule has 0 amide bonds. The SMILES string of the molecule is C#C[C@@](C)(Nc1ccc(O)c(O)c1)C(=O)O. The van der Waals surface area contributed by atoms with Gasteiger partial charge >= 0.3 is 5.97 Å². The number of aromatic hydroxyl groups is 2. The number of anilines is 1. The van der Waals surface area contributed by atoms with Gasteiger partial charge in [0, 0.05) is 11.8 Å². The summed E-state index contributed by atoms with van der Waals surface area (Å²) in [4.78, 5) is 10.9. The fraction of sp³-hybridized carbons (Fsp3) is 0.182. The Bertz CT molecular complexity index is 464. The maximum absolute atomic E-state index is 10.9. The number of hydrogen-bond donors (Lipinski definition) is 4. The van der Waals surface area contributed by atoms with Crippen molar-refractivity contribution in [3.8, 4) is 23.8 Å². The summed E-state index contributed by atoms with van der Waals surface area (Å²) in [5.74, 6) is 0.259. The minimum absolute atomic E-state index is 0.289. The van der Waals surface area contributed by atoms with E-state index in [1.165, 1.54) is 25.1 Å². The van der Waals surface area contributed by atoms with Crippen LogP contribution in [0.1, 0.15) is 6.92 Å². The second-order valence-electron chi connectivity index (χ2n) is 3.40. The number of rotatable bonds is 3. The molecule has 0 heterocycles. The Morgan fingerprint density at radius 1 is 1.44 bits per heavy atom. The number of carboxylic acid groups (broad SMARTS) is 1. The molecule has 1 atom stereocenters. The molecule has 5 heteroatoms. The van der Waals surface area contributed by atoms with E-state index in [-0.39, 0.29) is 11.5 Å². The van der Waals surface area contributed by atoms with Crippen molar-refractivity contribution in [3.63, 3.8) is 0 Å². The van der Waals surface area contributed by atoms with Crippen LogP contribution in [0.5, 0.6) is 11.5 Å². The van der Waals surface area contributed by atoms with Crippen molar-refractivity contribution in [1.82, 2.24) is 0 Å². The van der Waals surface area contributed by atoms with Crippen LogP contribution < -0.4 is 5.32 Å². The third-order valence-corrected chi connectivity index (χ3v) is 2.09. The Balaban J connectivity index is 3.01. The zero-order valence-electron chi connectivity index (χ0n) is 8.56. The van der Waals surface area contributed by atoms with Gasteiger partial charge in [0.15, 0.2) is 17.0 Å². The van der Waals surface area contributed by atoms with E-state index in [0.29, 0.717) is 5.69 Å². The molecule has 0 unspecified atom stereocenters. The molecular weight excluding hydrogens is 210 g/mol. The molecule has 0 aromatic heterocycles. The van der Waals surface area contributed by atoms with Gasteiger partial charge in [0.2, 0.25) is 0 Å². The number of carboxylic acids is 1. The lowest BCUT2D eigenvalue weighted by atomic mass is 10.0. The molecule has 84 valence electrons. The number of phenols is 2. The molecule has 0 fully saturated rings. The van der Waals surface area contributed by atoms with Crippen molar-refractivity contribution in [2.24, 2.45) is 0 Å². The first kappa shape index (κ1) is 11.7. The summed E-state index contributed by atoms with van der Waals surface area (Å²) in [5.41, 5.74) is -1.26. The van der Waals surface area contributed by atoms with Crippen molar-refractivity contribution in [2.45, 2.75) is 12.5 Å². The number of phenolic OH excluding ortho intramolecular Hbond substituents is 2. The summed E-state index contributed by atoms with van der Waals surface area (Å²) in [5, 5.41) is 29.8. The highest BCUT2D eigenvalue weighted by molar-refractivity contribution is 5.86. The highest BCUT2D eigenvalue weighted by Gasteiger charge is 2.30. The summed E-state index contributed by atoms with van der Waals surface area (Å²) >= 11 is 0. The van der Waals surface area contributed by atoms with Gasteiger partial charge in [-0.05, 0) is 19.1 Å². The van der Waals surface area contributed by atoms with Gasteiger partial charge in [-0.15, -0.1) is 6.42 Å². The topological polar surface area (TPSA) is 89.8 Å². The standard InChI is InChI=1S/C11H11NO4/c1-3-11(2,10(15)16)12-7-4-5-8(13)9(14)6-7/h1,4-6,12-14H,2H3,(H,15,16)/t11-/m1/s1. The van der Waals surface area contributed by atoms with Gasteiger partial charge in [0.05, 0.1) is 0 Å². The normalized spacial score (nSPS) is 13.5. The molecule has 1 aromatic carbocycles. The molecular formula is C11H11NO4. The third kappa shape index (κ3) is 2.17. The maximum Gasteiger partial charge on any atom is 0.341 e. The number of terminal acetylenes is 1. The van der Waals surface area contributed by atoms with Crippen molar-refractivity contribution >= 4 is 11.7 Å². The molecule has 1 aromatic rings. The van der Waals surface area contributed by atoms with Crippen LogP contribution in [-0.4, -0.2) is 26.8 Å². The van der Waals surface area contributed by atoms with Gasteiger partial charge in [0.1, 0.15) is 0 Å². The number of carbonyl (C=O) groups is 1. The van der Waals surface area contributed by atoms with Crippen LogP contribution in [0.15, 0.2) is 18.2 Å². The molecule has 16 heavy (non-hydrogen) atoms. The first-order valence-electron chi connectivity index (χ1n) is 4.40. The van der Waals surface area contributed by atoms with Gasteiger partial charge in [-0.2, -0.15) is 0 Å². The number of hydrogen-bond acceptors (Lipinski definition) is 4. The van der Waals surface area contributed by atoms with E-state index in [4.69, 9.17) is 16.6 Å². The molecule has 1 rings (SSSR count). The summed E-state index contributed by atoms with van der Waals surface area (Å²) in [6.45, 7) is 1.32. The van der Waals surface area contributed by atoms with Gasteiger partial charge < -0.3 is 20.6 Å². The molecule has 0 aliphatic heterocycles. The largest absolute Gasteiger partial charge is 0.504 e. The summed E-state index contributed by atoms with van der Waals surface area (Å²) in [7, 11) is 0. The average molecular weight is 221 g/mol. The lowest BCUT2D eigenvalue weighted by molar-refractivity contribution is -0.139. The molecule has 0 spiro atoms. The molecule has 4 N–H and O–H groups in total. The maximum atomic E-state index is 10.9. The first-order chi connectivity index (χ1) is 7.39. The van der Waals surface area contributed by atoms with Gasteiger partial charge in [-0.1, -0.05) is 5.92 Å². The van der Waals surface area contributed by atoms with Gasteiger partial charge in [0.25, 0.3) is 0 Å². The molecule has 0 bridgehead atoms. The predicted molar refractivity (Wildman–Crippen MR) is 58.3 cm³/mol. The predicted octanol–water partition coefficient (Wildman–Crippen LogP) is 0.986.